The van der Waals surface area contributed by atoms with Gasteiger partial charge in [0.25, 0.3) is 0 Å². The summed E-state index contributed by atoms with van der Waals surface area (Å²) in [4.78, 5) is 4.03. The van der Waals surface area contributed by atoms with E-state index >= 15 is 0 Å². The molecule has 90 valence electrons. The second-order valence-electron chi connectivity index (χ2n) is 5.35. The number of aromatic nitrogens is 1. The normalized spacial score (nSPS) is 30.0. The third kappa shape index (κ3) is 2.58. The van der Waals surface area contributed by atoms with Crippen LogP contribution in [0.3, 0.4) is 0 Å². The molecule has 3 atom stereocenters. The van der Waals surface area contributed by atoms with Crippen molar-refractivity contribution in [3.05, 3.63) is 42.2 Å². The van der Waals surface area contributed by atoms with Crippen molar-refractivity contribution < 1.29 is 0 Å². The molecule has 0 saturated heterocycles. The topological polar surface area (TPSA) is 24.9 Å². The molecule has 0 amide bonds. The highest BCUT2D eigenvalue weighted by Crippen LogP contribution is 2.42. The van der Waals surface area contributed by atoms with Crippen LogP contribution in [-0.4, -0.2) is 18.1 Å². The Morgan fingerprint density at radius 1 is 1.18 bits per heavy atom. The fraction of sp³-hybridized carbons (Fsp3) is 0.533. The number of fused-ring (bicyclic) bond motifs is 2. The summed E-state index contributed by atoms with van der Waals surface area (Å²) in [6.07, 6.45) is 12.5. The number of allylic oxidation sites excluding steroid dienone is 2. The van der Waals surface area contributed by atoms with Crippen LogP contribution >= 0.6 is 0 Å². The summed E-state index contributed by atoms with van der Waals surface area (Å²) in [7, 11) is 0. The molecule has 1 fully saturated rings. The van der Waals surface area contributed by atoms with Crippen LogP contribution in [0.1, 0.15) is 18.4 Å². The van der Waals surface area contributed by atoms with E-state index < -0.39 is 0 Å². The van der Waals surface area contributed by atoms with Crippen LogP contribution in [0.25, 0.3) is 0 Å². The van der Waals surface area contributed by atoms with Crippen molar-refractivity contribution in [1.82, 2.24) is 10.3 Å². The van der Waals surface area contributed by atoms with Gasteiger partial charge in [0.1, 0.15) is 0 Å². The van der Waals surface area contributed by atoms with E-state index in [0.29, 0.717) is 0 Å². The second kappa shape index (κ2) is 5.01. The largest absolute Gasteiger partial charge is 0.316 e. The van der Waals surface area contributed by atoms with Crippen LogP contribution < -0.4 is 5.32 Å². The first kappa shape index (κ1) is 11.0. The molecule has 2 heteroatoms. The molecular weight excluding hydrogens is 208 g/mol. The lowest BCUT2D eigenvalue weighted by Gasteiger charge is -2.18. The SMILES string of the molecule is C1=CC2CC1CC2CNCCc1ccncc1. The quantitative estimate of drug-likeness (QED) is 0.618. The predicted molar refractivity (Wildman–Crippen MR) is 69.7 cm³/mol. The van der Waals surface area contributed by atoms with Gasteiger partial charge in [0.2, 0.25) is 0 Å². The minimum absolute atomic E-state index is 0.869. The van der Waals surface area contributed by atoms with E-state index in [4.69, 9.17) is 0 Å². The summed E-state index contributed by atoms with van der Waals surface area (Å²) < 4.78 is 0. The number of nitrogens with one attached hydrogen (secondary N) is 1. The molecule has 1 aromatic heterocycles. The average Bonchev–Trinajstić information content (AvgIpc) is 2.98. The number of rotatable bonds is 5. The molecule has 3 rings (SSSR count). The first-order valence-electron chi connectivity index (χ1n) is 6.70. The summed E-state index contributed by atoms with van der Waals surface area (Å²) in [6, 6.07) is 4.20. The third-order valence-corrected chi connectivity index (χ3v) is 4.16. The van der Waals surface area contributed by atoms with Crippen LogP contribution in [0.4, 0.5) is 0 Å². The summed E-state index contributed by atoms with van der Waals surface area (Å²) in [5.74, 6) is 2.66. The zero-order valence-corrected chi connectivity index (χ0v) is 10.2. The van der Waals surface area contributed by atoms with Crippen molar-refractivity contribution in [1.29, 1.82) is 0 Å². The van der Waals surface area contributed by atoms with Gasteiger partial charge in [0, 0.05) is 12.4 Å². The van der Waals surface area contributed by atoms with E-state index in [9.17, 15) is 0 Å². The molecule has 0 aliphatic heterocycles. The van der Waals surface area contributed by atoms with Gasteiger partial charge in [-0.05, 0) is 67.8 Å². The molecule has 1 aromatic rings. The first-order chi connectivity index (χ1) is 8.42. The van der Waals surface area contributed by atoms with Crippen LogP contribution in [0.15, 0.2) is 36.7 Å². The Labute approximate surface area is 103 Å². The monoisotopic (exact) mass is 228 g/mol. The van der Waals surface area contributed by atoms with E-state index in [0.717, 1.165) is 30.7 Å². The fourth-order valence-electron chi connectivity index (χ4n) is 3.20. The zero-order valence-electron chi connectivity index (χ0n) is 10.2. The van der Waals surface area contributed by atoms with Gasteiger partial charge in [-0.15, -0.1) is 0 Å². The van der Waals surface area contributed by atoms with Crippen LogP contribution in [0, 0.1) is 17.8 Å². The van der Waals surface area contributed by atoms with Crippen molar-refractivity contribution in [2.75, 3.05) is 13.1 Å². The van der Waals surface area contributed by atoms with Gasteiger partial charge in [-0.25, -0.2) is 0 Å². The summed E-state index contributed by atoms with van der Waals surface area (Å²) >= 11 is 0. The lowest BCUT2D eigenvalue weighted by Crippen LogP contribution is -2.27. The lowest BCUT2D eigenvalue weighted by atomic mass is 9.93. The van der Waals surface area contributed by atoms with Gasteiger partial charge < -0.3 is 5.32 Å². The Bertz CT molecular complexity index is 385. The number of nitrogens with zero attached hydrogens (tertiary/aromatic N) is 1. The Morgan fingerprint density at radius 3 is 2.76 bits per heavy atom. The molecule has 2 bridgehead atoms. The molecule has 2 nitrogen and oxygen atoms in total. The third-order valence-electron chi connectivity index (χ3n) is 4.16. The predicted octanol–water partition coefficient (Wildman–Crippen LogP) is 2.43. The molecule has 2 aliphatic rings. The molecule has 0 radical (unpaired) electrons. The maximum atomic E-state index is 4.03. The minimum Gasteiger partial charge on any atom is -0.316 e. The van der Waals surface area contributed by atoms with E-state index in [-0.39, 0.29) is 0 Å². The molecule has 0 aromatic carbocycles. The second-order valence-corrected chi connectivity index (χ2v) is 5.35. The maximum Gasteiger partial charge on any atom is 0.0270 e. The van der Waals surface area contributed by atoms with E-state index in [1.54, 1.807) is 0 Å². The molecule has 1 saturated carbocycles. The van der Waals surface area contributed by atoms with Gasteiger partial charge in [0.05, 0.1) is 0 Å². The summed E-state index contributed by atoms with van der Waals surface area (Å²) in [5, 5.41) is 3.61. The molecule has 3 unspecified atom stereocenters. The van der Waals surface area contributed by atoms with Crippen molar-refractivity contribution in [3.8, 4) is 0 Å². The van der Waals surface area contributed by atoms with Crippen molar-refractivity contribution >= 4 is 0 Å². The Balaban J connectivity index is 1.37. The van der Waals surface area contributed by atoms with Crippen LogP contribution in [-0.2, 0) is 6.42 Å². The van der Waals surface area contributed by atoms with E-state index in [1.165, 1.54) is 24.9 Å². The fourth-order valence-corrected chi connectivity index (χ4v) is 3.20. The van der Waals surface area contributed by atoms with Gasteiger partial charge >= 0.3 is 0 Å². The van der Waals surface area contributed by atoms with Crippen molar-refractivity contribution in [2.45, 2.75) is 19.3 Å². The summed E-state index contributed by atoms with van der Waals surface area (Å²) in [6.45, 7) is 2.28. The Morgan fingerprint density at radius 2 is 2.06 bits per heavy atom. The number of pyridine rings is 1. The summed E-state index contributed by atoms with van der Waals surface area (Å²) in [5.41, 5.74) is 1.38. The van der Waals surface area contributed by atoms with E-state index in [2.05, 4.69) is 34.6 Å². The molecule has 0 spiro atoms. The lowest BCUT2D eigenvalue weighted by molar-refractivity contribution is 0.416. The van der Waals surface area contributed by atoms with Crippen LogP contribution in [0.5, 0.6) is 0 Å². The highest BCUT2D eigenvalue weighted by molar-refractivity contribution is 5.11. The minimum atomic E-state index is 0.869. The van der Waals surface area contributed by atoms with Crippen LogP contribution in [0.2, 0.25) is 0 Å². The highest BCUT2D eigenvalue weighted by Gasteiger charge is 2.34. The molecule has 1 heterocycles. The van der Waals surface area contributed by atoms with Crippen molar-refractivity contribution in [2.24, 2.45) is 17.8 Å². The van der Waals surface area contributed by atoms with Gasteiger partial charge in [-0.3, -0.25) is 4.98 Å². The smallest absolute Gasteiger partial charge is 0.0270 e. The van der Waals surface area contributed by atoms with Gasteiger partial charge in [0.15, 0.2) is 0 Å². The zero-order chi connectivity index (χ0) is 11.5. The number of hydrogen-bond donors (Lipinski definition) is 1. The molecular formula is C15H20N2. The van der Waals surface area contributed by atoms with Crippen molar-refractivity contribution in [3.63, 3.8) is 0 Å². The van der Waals surface area contributed by atoms with Gasteiger partial charge in [-0.2, -0.15) is 0 Å². The highest BCUT2D eigenvalue weighted by atomic mass is 14.9. The van der Waals surface area contributed by atoms with E-state index in [1.807, 2.05) is 12.4 Å². The number of hydrogen-bond acceptors (Lipinski definition) is 2. The molecule has 2 aliphatic carbocycles. The van der Waals surface area contributed by atoms with Gasteiger partial charge in [-0.1, -0.05) is 12.2 Å². The first-order valence-corrected chi connectivity index (χ1v) is 6.70. The maximum absolute atomic E-state index is 4.03. The molecule has 17 heavy (non-hydrogen) atoms. The Hall–Kier alpha value is -1.15. The average molecular weight is 228 g/mol. The Kier molecular flexibility index (Phi) is 3.23. The standard InChI is InChI=1S/C15H20N2/c1-2-14-9-13(1)10-15(14)11-17-8-5-12-3-6-16-7-4-12/h1-4,6-7,13-15,17H,5,8-11H2. The molecule has 1 N–H and O–H groups in total.